The molecule has 162 valence electrons. The molecule has 1 N–H and O–H groups in total. The van der Waals surface area contributed by atoms with Crippen molar-refractivity contribution in [3.63, 3.8) is 0 Å². The Bertz CT molecular complexity index is 1080. The number of nitrogens with one attached hydrogen (secondary N) is 1. The highest BCUT2D eigenvalue weighted by Gasteiger charge is 2.38. The van der Waals surface area contributed by atoms with E-state index in [0.717, 1.165) is 6.07 Å². The Labute approximate surface area is 186 Å². The molecule has 4 amide bonds. The van der Waals surface area contributed by atoms with Gasteiger partial charge in [-0.25, -0.2) is 14.1 Å². The molecule has 9 heteroatoms. The molecule has 1 aliphatic heterocycles. The number of hydrogen-bond acceptors (Lipinski definition) is 5. The fourth-order valence-electron chi connectivity index (χ4n) is 2.96. The summed E-state index contributed by atoms with van der Waals surface area (Å²) in [5, 5.41) is 2.07. The summed E-state index contributed by atoms with van der Waals surface area (Å²) in [4.78, 5) is 38.2. The van der Waals surface area contributed by atoms with Crippen LogP contribution in [0.4, 0.5) is 14.9 Å². The number of carbonyl (C=O) groups is 3. The van der Waals surface area contributed by atoms with E-state index in [2.05, 4.69) is 21.2 Å². The highest BCUT2D eigenvalue weighted by atomic mass is 79.9. The van der Waals surface area contributed by atoms with Gasteiger partial charge in [0, 0.05) is 0 Å². The predicted molar refractivity (Wildman–Crippen MR) is 116 cm³/mol. The van der Waals surface area contributed by atoms with Crippen molar-refractivity contribution in [3.8, 4) is 11.5 Å². The molecule has 1 aliphatic rings. The number of rotatable bonds is 6. The number of anilines is 1. The van der Waals surface area contributed by atoms with E-state index >= 15 is 0 Å². The van der Waals surface area contributed by atoms with Crippen LogP contribution >= 0.6 is 15.9 Å². The number of benzene rings is 2. The largest absolute Gasteiger partial charge is 0.490 e. The van der Waals surface area contributed by atoms with E-state index in [1.165, 1.54) is 24.3 Å². The van der Waals surface area contributed by atoms with Gasteiger partial charge in [0.05, 0.1) is 22.9 Å². The SMILES string of the molecule is CCOc1cc(/C=C2/C(=O)NC(=O)N(c3ccccc3F)C2=O)cc(Br)c1OC(C)C. The van der Waals surface area contributed by atoms with Crippen LogP contribution in [0.25, 0.3) is 6.08 Å². The normalized spacial score (nSPS) is 15.5. The van der Waals surface area contributed by atoms with Crippen LogP contribution in [0.2, 0.25) is 0 Å². The lowest BCUT2D eigenvalue weighted by atomic mass is 10.1. The van der Waals surface area contributed by atoms with Gasteiger partial charge in [0.15, 0.2) is 11.5 Å². The zero-order chi connectivity index (χ0) is 22.7. The van der Waals surface area contributed by atoms with E-state index < -0.39 is 23.7 Å². The van der Waals surface area contributed by atoms with Gasteiger partial charge in [0.1, 0.15) is 11.4 Å². The van der Waals surface area contributed by atoms with E-state index in [0.29, 0.717) is 33.0 Å². The van der Waals surface area contributed by atoms with Gasteiger partial charge in [0.2, 0.25) is 0 Å². The Balaban J connectivity index is 2.05. The molecule has 2 aromatic rings. The minimum Gasteiger partial charge on any atom is -0.490 e. The van der Waals surface area contributed by atoms with Crippen molar-refractivity contribution < 1.29 is 28.2 Å². The summed E-state index contributed by atoms with van der Waals surface area (Å²) in [7, 11) is 0. The average molecular weight is 491 g/mol. The number of barbiturate groups is 1. The Morgan fingerprint density at radius 2 is 1.90 bits per heavy atom. The average Bonchev–Trinajstić information content (AvgIpc) is 2.69. The number of ether oxygens (including phenoxy) is 2. The Morgan fingerprint density at radius 3 is 2.55 bits per heavy atom. The highest BCUT2D eigenvalue weighted by Crippen LogP contribution is 2.38. The van der Waals surface area contributed by atoms with Gasteiger partial charge in [-0.2, -0.15) is 0 Å². The van der Waals surface area contributed by atoms with Gasteiger partial charge < -0.3 is 9.47 Å². The quantitative estimate of drug-likeness (QED) is 0.477. The summed E-state index contributed by atoms with van der Waals surface area (Å²) < 4.78 is 26.2. The lowest BCUT2D eigenvalue weighted by molar-refractivity contribution is -0.122. The van der Waals surface area contributed by atoms with E-state index in [1.807, 2.05) is 20.8 Å². The number of imide groups is 2. The van der Waals surface area contributed by atoms with E-state index in [-0.39, 0.29) is 17.4 Å². The van der Waals surface area contributed by atoms with Crippen LogP contribution in [0, 0.1) is 5.82 Å². The summed E-state index contributed by atoms with van der Waals surface area (Å²) in [6.07, 6.45) is 1.20. The van der Waals surface area contributed by atoms with Crippen LogP contribution in [0.1, 0.15) is 26.3 Å². The fourth-order valence-corrected chi connectivity index (χ4v) is 3.51. The van der Waals surface area contributed by atoms with Gasteiger partial charge in [0.25, 0.3) is 11.8 Å². The van der Waals surface area contributed by atoms with E-state index in [9.17, 15) is 18.8 Å². The molecular weight excluding hydrogens is 471 g/mol. The first-order valence-corrected chi connectivity index (χ1v) is 10.3. The van der Waals surface area contributed by atoms with Crippen LogP contribution in [0.15, 0.2) is 46.4 Å². The molecule has 7 nitrogen and oxygen atoms in total. The van der Waals surface area contributed by atoms with Gasteiger partial charge in [-0.15, -0.1) is 0 Å². The second-order valence-electron chi connectivity index (χ2n) is 6.84. The first-order chi connectivity index (χ1) is 14.7. The Kier molecular flexibility index (Phi) is 6.74. The summed E-state index contributed by atoms with van der Waals surface area (Å²) in [6.45, 7) is 5.93. The molecule has 0 saturated carbocycles. The number of amides is 4. The summed E-state index contributed by atoms with van der Waals surface area (Å²) >= 11 is 3.43. The molecule has 1 fully saturated rings. The molecule has 0 aromatic heterocycles. The monoisotopic (exact) mass is 490 g/mol. The molecule has 0 aliphatic carbocycles. The summed E-state index contributed by atoms with van der Waals surface area (Å²) in [5.74, 6) is -1.67. The number of para-hydroxylation sites is 1. The lowest BCUT2D eigenvalue weighted by Gasteiger charge is -2.26. The molecule has 3 rings (SSSR count). The number of hydrogen-bond donors (Lipinski definition) is 1. The minimum atomic E-state index is -1.02. The van der Waals surface area contributed by atoms with Crippen molar-refractivity contribution in [1.82, 2.24) is 5.32 Å². The van der Waals surface area contributed by atoms with Crippen LogP contribution in [0.5, 0.6) is 11.5 Å². The molecule has 0 spiro atoms. The number of halogens is 2. The minimum absolute atomic E-state index is 0.106. The van der Waals surface area contributed by atoms with Crippen molar-refractivity contribution in [2.45, 2.75) is 26.9 Å². The van der Waals surface area contributed by atoms with Gasteiger partial charge in [-0.05, 0) is 72.6 Å². The first-order valence-electron chi connectivity index (χ1n) is 9.51. The topological polar surface area (TPSA) is 84.9 Å². The summed E-state index contributed by atoms with van der Waals surface area (Å²) in [6, 6.07) is 7.56. The van der Waals surface area contributed by atoms with Gasteiger partial charge in [-0.1, -0.05) is 12.1 Å². The molecule has 0 unspecified atom stereocenters. The van der Waals surface area contributed by atoms with Crippen LogP contribution in [-0.4, -0.2) is 30.6 Å². The predicted octanol–water partition coefficient (Wildman–Crippen LogP) is 4.44. The standard InChI is InChI=1S/C22H20BrFN2O5/c1-4-30-18-11-13(10-15(23)19(18)31-12(2)3)9-14-20(27)25-22(29)26(21(14)28)17-8-6-5-7-16(17)24/h5-12H,4H2,1-3H3,(H,25,27,29)/b14-9-. The second kappa shape index (κ2) is 9.30. The molecule has 1 heterocycles. The fraction of sp³-hybridized carbons (Fsp3) is 0.227. The summed E-state index contributed by atoms with van der Waals surface area (Å²) in [5.41, 5.74) is -0.122. The molecule has 0 radical (unpaired) electrons. The number of carbonyl (C=O) groups excluding carboxylic acids is 3. The third kappa shape index (κ3) is 4.77. The number of nitrogens with zero attached hydrogens (tertiary/aromatic N) is 1. The van der Waals surface area contributed by atoms with Crippen LogP contribution < -0.4 is 19.7 Å². The molecular formula is C22H20BrFN2O5. The molecule has 31 heavy (non-hydrogen) atoms. The van der Waals surface area contributed by atoms with Crippen LogP contribution in [-0.2, 0) is 9.59 Å². The molecule has 0 atom stereocenters. The third-order valence-corrected chi connectivity index (χ3v) is 4.78. The Hall–Kier alpha value is -3.20. The van der Waals surface area contributed by atoms with Crippen molar-refractivity contribution in [1.29, 1.82) is 0 Å². The highest BCUT2D eigenvalue weighted by molar-refractivity contribution is 9.10. The molecule has 0 bridgehead atoms. The zero-order valence-corrected chi connectivity index (χ0v) is 18.7. The van der Waals surface area contributed by atoms with Crippen LogP contribution in [0.3, 0.4) is 0 Å². The maximum absolute atomic E-state index is 14.2. The zero-order valence-electron chi connectivity index (χ0n) is 17.1. The van der Waals surface area contributed by atoms with E-state index in [4.69, 9.17) is 9.47 Å². The van der Waals surface area contributed by atoms with Gasteiger partial charge >= 0.3 is 6.03 Å². The lowest BCUT2D eigenvalue weighted by Crippen LogP contribution is -2.54. The van der Waals surface area contributed by atoms with Crippen molar-refractivity contribution >= 4 is 45.5 Å². The Morgan fingerprint density at radius 1 is 1.19 bits per heavy atom. The van der Waals surface area contributed by atoms with Gasteiger partial charge in [-0.3, -0.25) is 14.9 Å². The smallest absolute Gasteiger partial charge is 0.336 e. The van der Waals surface area contributed by atoms with E-state index in [1.54, 1.807) is 12.1 Å². The number of urea groups is 1. The maximum Gasteiger partial charge on any atom is 0.336 e. The molecule has 2 aromatic carbocycles. The maximum atomic E-state index is 14.2. The van der Waals surface area contributed by atoms with Crippen molar-refractivity contribution in [2.75, 3.05) is 11.5 Å². The third-order valence-electron chi connectivity index (χ3n) is 4.19. The first kappa shape index (κ1) is 22.5. The molecule has 1 saturated heterocycles. The van der Waals surface area contributed by atoms with Crippen molar-refractivity contribution in [3.05, 3.63) is 57.8 Å². The van der Waals surface area contributed by atoms with Crippen molar-refractivity contribution in [2.24, 2.45) is 0 Å². The second-order valence-corrected chi connectivity index (χ2v) is 7.69.